The zero-order valence-corrected chi connectivity index (χ0v) is 11.2. The van der Waals surface area contributed by atoms with Crippen molar-refractivity contribution in [3.63, 3.8) is 0 Å². The van der Waals surface area contributed by atoms with E-state index in [2.05, 4.69) is 18.0 Å². The lowest BCUT2D eigenvalue weighted by atomic mass is 9.69. The van der Waals surface area contributed by atoms with Crippen molar-refractivity contribution in [2.45, 2.75) is 31.3 Å². The van der Waals surface area contributed by atoms with Gasteiger partial charge in [-0.3, -0.25) is 0 Å². The molecule has 1 heterocycles. The van der Waals surface area contributed by atoms with Crippen molar-refractivity contribution in [3.05, 3.63) is 34.9 Å². The molecule has 1 aromatic rings. The van der Waals surface area contributed by atoms with Gasteiger partial charge in [-0.2, -0.15) is 0 Å². The Balaban J connectivity index is 2.35. The van der Waals surface area contributed by atoms with Crippen LogP contribution in [0.15, 0.2) is 24.3 Å². The minimum absolute atomic E-state index is 0.128. The minimum atomic E-state index is -0.338. The fourth-order valence-corrected chi connectivity index (χ4v) is 2.95. The number of nitrogens with zero attached hydrogens (tertiary/aromatic N) is 1. The average molecular weight is 254 g/mol. The molecule has 2 nitrogen and oxygen atoms in total. The van der Waals surface area contributed by atoms with Crippen LogP contribution < -0.4 is 0 Å². The molecule has 17 heavy (non-hydrogen) atoms. The molecule has 1 fully saturated rings. The van der Waals surface area contributed by atoms with Gasteiger partial charge in [-0.15, -0.1) is 0 Å². The lowest BCUT2D eigenvalue weighted by molar-refractivity contribution is 0.0486. The molecular formula is C14H20ClNO. The van der Waals surface area contributed by atoms with Crippen molar-refractivity contribution < 1.29 is 5.11 Å². The first-order chi connectivity index (χ1) is 8.04. The highest BCUT2D eigenvalue weighted by Crippen LogP contribution is 2.39. The van der Waals surface area contributed by atoms with Gasteiger partial charge in [0, 0.05) is 10.4 Å². The van der Waals surface area contributed by atoms with Crippen molar-refractivity contribution in [1.82, 2.24) is 4.90 Å². The Hall–Kier alpha value is -0.570. The van der Waals surface area contributed by atoms with E-state index in [1.54, 1.807) is 0 Å². The van der Waals surface area contributed by atoms with Crippen molar-refractivity contribution in [3.8, 4) is 0 Å². The van der Waals surface area contributed by atoms with E-state index in [0.29, 0.717) is 0 Å². The molecule has 2 rings (SSSR count). The Bertz CT molecular complexity index is 384. The number of rotatable bonds is 2. The second kappa shape index (κ2) is 4.97. The fraction of sp³-hybridized carbons (Fsp3) is 0.571. The number of hydrogen-bond donors (Lipinski definition) is 1. The number of halogens is 1. The molecule has 1 unspecified atom stereocenters. The summed E-state index contributed by atoms with van der Waals surface area (Å²) in [6.07, 6.45) is 1.64. The van der Waals surface area contributed by atoms with Gasteiger partial charge in [-0.1, -0.05) is 23.7 Å². The van der Waals surface area contributed by atoms with Gasteiger partial charge >= 0.3 is 0 Å². The number of aliphatic hydroxyl groups excluding tert-OH is 1. The van der Waals surface area contributed by atoms with Crippen LogP contribution in [0.4, 0.5) is 0 Å². The minimum Gasteiger partial charge on any atom is -0.392 e. The van der Waals surface area contributed by atoms with Crippen LogP contribution in [0.1, 0.15) is 25.3 Å². The van der Waals surface area contributed by atoms with Gasteiger partial charge in [0.2, 0.25) is 0 Å². The number of benzene rings is 1. The number of hydrogen-bond acceptors (Lipinski definition) is 2. The van der Waals surface area contributed by atoms with Crippen molar-refractivity contribution in [2.24, 2.45) is 0 Å². The molecule has 0 saturated carbocycles. The average Bonchev–Trinajstić information content (AvgIpc) is 2.30. The lowest BCUT2D eigenvalue weighted by Crippen LogP contribution is -2.47. The first kappa shape index (κ1) is 12.9. The van der Waals surface area contributed by atoms with Gasteiger partial charge < -0.3 is 10.0 Å². The summed E-state index contributed by atoms with van der Waals surface area (Å²) in [6, 6.07) is 7.94. The fourth-order valence-electron chi connectivity index (χ4n) is 2.76. The Morgan fingerprint density at radius 2 is 2.00 bits per heavy atom. The van der Waals surface area contributed by atoms with Gasteiger partial charge in [-0.25, -0.2) is 0 Å². The second-order valence-corrected chi connectivity index (χ2v) is 5.58. The van der Waals surface area contributed by atoms with Crippen LogP contribution in [-0.2, 0) is 5.41 Å². The molecule has 1 saturated heterocycles. The van der Waals surface area contributed by atoms with Crippen molar-refractivity contribution in [1.29, 1.82) is 0 Å². The van der Waals surface area contributed by atoms with E-state index in [1.165, 1.54) is 5.56 Å². The van der Waals surface area contributed by atoms with Gasteiger partial charge in [0.05, 0.1) is 6.10 Å². The highest BCUT2D eigenvalue weighted by atomic mass is 35.5. The van der Waals surface area contributed by atoms with Crippen molar-refractivity contribution >= 4 is 11.6 Å². The summed E-state index contributed by atoms with van der Waals surface area (Å²) in [6.45, 7) is 3.95. The zero-order chi connectivity index (χ0) is 12.5. The molecule has 0 aromatic heterocycles. The molecule has 0 radical (unpaired) electrons. The van der Waals surface area contributed by atoms with Crippen LogP contribution in [-0.4, -0.2) is 36.2 Å². The van der Waals surface area contributed by atoms with Gasteiger partial charge in [0.15, 0.2) is 0 Å². The summed E-state index contributed by atoms with van der Waals surface area (Å²) in [5.41, 5.74) is 1.05. The van der Waals surface area contributed by atoms with Crippen LogP contribution in [0.25, 0.3) is 0 Å². The summed E-state index contributed by atoms with van der Waals surface area (Å²) < 4.78 is 0. The monoisotopic (exact) mass is 253 g/mol. The summed E-state index contributed by atoms with van der Waals surface area (Å²) in [5, 5.41) is 10.9. The third kappa shape index (κ3) is 2.49. The second-order valence-electron chi connectivity index (χ2n) is 5.15. The molecule has 1 aromatic carbocycles. The molecule has 3 heteroatoms. The molecule has 1 aliphatic rings. The van der Waals surface area contributed by atoms with Gasteiger partial charge in [0.25, 0.3) is 0 Å². The van der Waals surface area contributed by atoms with E-state index < -0.39 is 0 Å². The van der Waals surface area contributed by atoms with Gasteiger partial charge in [0.1, 0.15) is 0 Å². The molecule has 0 bridgehead atoms. The molecule has 1 aliphatic heterocycles. The number of likely N-dealkylation sites (tertiary alicyclic amines) is 1. The molecule has 1 N–H and O–H groups in total. The summed E-state index contributed by atoms with van der Waals surface area (Å²) in [7, 11) is 2.13. The van der Waals surface area contributed by atoms with E-state index in [4.69, 9.17) is 11.6 Å². The number of piperidine rings is 1. The first-order valence-corrected chi connectivity index (χ1v) is 6.55. The molecule has 0 spiro atoms. The van der Waals surface area contributed by atoms with Crippen LogP contribution >= 0.6 is 11.6 Å². The van der Waals surface area contributed by atoms with Crippen LogP contribution in [0.2, 0.25) is 5.02 Å². The first-order valence-electron chi connectivity index (χ1n) is 6.17. The Morgan fingerprint density at radius 3 is 2.53 bits per heavy atom. The Labute approximate surface area is 108 Å². The number of aliphatic hydroxyl groups is 1. The quantitative estimate of drug-likeness (QED) is 0.876. The normalized spacial score (nSPS) is 22.4. The predicted molar refractivity (Wildman–Crippen MR) is 71.5 cm³/mol. The molecule has 0 amide bonds. The van der Waals surface area contributed by atoms with Gasteiger partial charge in [-0.05, 0) is 57.6 Å². The van der Waals surface area contributed by atoms with Crippen LogP contribution in [0, 0.1) is 0 Å². The van der Waals surface area contributed by atoms with E-state index >= 15 is 0 Å². The maximum absolute atomic E-state index is 10.2. The third-order valence-electron chi connectivity index (χ3n) is 4.08. The molecular weight excluding hydrogens is 234 g/mol. The maximum atomic E-state index is 10.2. The predicted octanol–water partition coefficient (Wildman–Crippen LogP) is 2.68. The van der Waals surface area contributed by atoms with Crippen LogP contribution in [0.3, 0.4) is 0 Å². The Morgan fingerprint density at radius 1 is 1.35 bits per heavy atom. The molecule has 94 valence electrons. The van der Waals surface area contributed by atoms with E-state index in [1.807, 2.05) is 25.1 Å². The van der Waals surface area contributed by atoms with E-state index in [9.17, 15) is 5.11 Å². The maximum Gasteiger partial charge on any atom is 0.0609 e. The Kier molecular flexibility index (Phi) is 3.76. The van der Waals surface area contributed by atoms with Crippen LogP contribution in [0.5, 0.6) is 0 Å². The highest BCUT2D eigenvalue weighted by Gasteiger charge is 2.39. The largest absolute Gasteiger partial charge is 0.392 e. The smallest absolute Gasteiger partial charge is 0.0609 e. The highest BCUT2D eigenvalue weighted by molar-refractivity contribution is 6.30. The summed E-state index contributed by atoms with van der Waals surface area (Å²) in [4.78, 5) is 2.31. The zero-order valence-electron chi connectivity index (χ0n) is 10.5. The lowest BCUT2D eigenvalue weighted by Gasteiger charge is -2.43. The standard InChI is InChI=1S/C14H20ClNO/c1-11(17)14(6-8-16(2)9-7-14)12-4-3-5-13(15)10-12/h3-5,10-11,17H,6-9H2,1-2H3. The molecule has 0 aliphatic carbocycles. The van der Waals surface area contributed by atoms with Crippen molar-refractivity contribution in [2.75, 3.05) is 20.1 Å². The van der Waals surface area contributed by atoms with E-state index in [-0.39, 0.29) is 11.5 Å². The topological polar surface area (TPSA) is 23.5 Å². The summed E-state index contributed by atoms with van der Waals surface area (Å²) >= 11 is 6.07. The summed E-state index contributed by atoms with van der Waals surface area (Å²) in [5.74, 6) is 0. The third-order valence-corrected chi connectivity index (χ3v) is 4.31. The SMILES string of the molecule is CC(O)C1(c2cccc(Cl)c2)CCN(C)CC1. The van der Waals surface area contributed by atoms with E-state index in [0.717, 1.165) is 31.0 Å². The molecule has 1 atom stereocenters.